The van der Waals surface area contributed by atoms with Gasteiger partial charge in [-0.15, -0.1) is 0 Å². The Morgan fingerprint density at radius 2 is 1.79 bits per heavy atom. The van der Waals surface area contributed by atoms with E-state index in [0.29, 0.717) is 16.3 Å². The summed E-state index contributed by atoms with van der Waals surface area (Å²) in [4.78, 5) is 25.7. The lowest BCUT2D eigenvalue weighted by Gasteiger charge is -2.08. The van der Waals surface area contributed by atoms with E-state index in [-0.39, 0.29) is 11.5 Å². The maximum atomic E-state index is 12.2. The third kappa shape index (κ3) is 4.12. The fourth-order valence-electron chi connectivity index (χ4n) is 2.35. The molecule has 0 aliphatic carbocycles. The van der Waals surface area contributed by atoms with Crippen molar-refractivity contribution in [2.45, 2.75) is 6.42 Å². The molecule has 0 fully saturated rings. The number of anilines is 1. The molecule has 0 aliphatic heterocycles. The molecule has 0 aliphatic rings. The van der Waals surface area contributed by atoms with E-state index in [1.807, 2.05) is 48.5 Å². The van der Waals surface area contributed by atoms with Gasteiger partial charge in [0.25, 0.3) is 5.91 Å². The van der Waals surface area contributed by atoms with Crippen LogP contribution in [0.25, 0.3) is 0 Å². The standard InChI is InChI=1S/C19H15ClN2O2/c20-16-7-4-13(5-8-16)10-14-2-1-3-17(11-14)22-19(24)15-6-9-18(23)21-12-15/h1-9,11-12H,10H2,(H,21,23)(H,22,24). The van der Waals surface area contributed by atoms with Crippen LogP contribution in [-0.2, 0) is 6.42 Å². The van der Waals surface area contributed by atoms with Crippen molar-refractivity contribution in [3.8, 4) is 0 Å². The predicted molar refractivity (Wildman–Crippen MR) is 95.7 cm³/mol. The first-order valence-electron chi connectivity index (χ1n) is 7.44. The number of aromatic nitrogens is 1. The SMILES string of the molecule is O=C(Nc1cccc(Cc2ccc(Cl)cc2)c1)c1ccc(=O)[nH]c1. The van der Waals surface area contributed by atoms with Crippen molar-refractivity contribution in [2.75, 3.05) is 5.32 Å². The summed E-state index contributed by atoms with van der Waals surface area (Å²) in [5.74, 6) is -0.269. The lowest BCUT2D eigenvalue weighted by molar-refractivity contribution is 0.102. The molecule has 1 amide bonds. The molecule has 0 atom stereocenters. The van der Waals surface area contributed by atoms with E-state index in [0.717, 1.165) is 17.5 Å². The molecule has 3 aromatic rings. The fourth-order valence-corrected chi connectivity index (χ4v) is 2.48. The van der Waals surface area contributed by atoms with E-state index in [2.05, 4.69) is 10.3 Å². The monoisotopic (exact) mass is 338 g/mol. The average Bonchev–Trinajstić information content (AvgIpc) is 2.58. The summed E-state index contributed by atoms with van der Waals surface area (Å²) in [5, 5.41) is 3.54. The Bertz CT molecular complexity index is 897. The zero-order valence-corrected chi connectivity index (χ0v) is 13.5. The number of amides is 1. The quantitative estimate of drug-likeness (QED) is 0.758. The van der Waals surface area contributed by atoms with Crippen LogP contribution in [0.5, 0.6) is 0 Å². The van der Waals surface area contributed by atoms with Gasteiger partial charge in [0.2, 0.25) is 5.56 Å². The van der Waals surface area contributed by atoms with E-state index >= 15 is 0 Å². The molecule has 0 bridgehead atoms. The molecule has 24 heavy (non-hydrogen) atoms. The minimum Gasteiger partial charge on any atom is -0.328 e. The summed E-state index contributed by atoms with van der Waals surface area (Å²) in [6.45, 7) is 0. The molecule has 2 aromatic carbocycles. The van der Waals surface area contributed by atoms with Crippen LogP contribution in [0.15, 0.2) is 71.7 Å². The molecule has 1 heterocycles. The van der Waals surface area contributed by atoms with Gasteiger partial charge in [-0.3, -0.25) is 9.59 Å². The van der Waals surface area contributed by atoms with E-state index < -0.39 is 0 Å². The van der Waals surface area contributed by atoms with Gasteiger partial charge in [-0.25, -0.2) is 0 Å². The number of benzene rings is 2. The number of carbonyl (C=O) groups excluding carboxylic acids is 1. The number of carbonyl (C=O) groups is 1. The number of H-pyrrole nitrogens is 1. The van der Waals surface area contributed by atoms with Gasteiger partial charge >= 0.3 is 0 Å². The number of halogens is 1. The Kier molecular flexibility index (Phi) is 4.77. The Morgan fingerprint density at radius 1 is 1.00 bits per heavy atom. The Hall–Kier alpha value is -2.85. The highest BCUT2D eigenvalue weighted by molar-refractivity contribution is 6.30. The molecule has 5 heteroatoms. The second-order valence-corrected chi connectivity index (χ2v) is 5.84. The summed E-state index contributed by atoms with van der Waals surface area (Å²) < 4.78 is 0. The largest absolute Gasteiger partial charge is 0.328 e. The van der Waals surface area contributed by atoms with Crippen LogP contribution in [0.4, 0.5) is 5.69 Å². The number of aromatic amines is 1. The number of nitrogens with one attached hydrogen (secondary N) is 2. The lowest BCUT2D eigenvalue weighted by atomic mass is 10.0. The molecule has 1 aromatic heterocycles. The minimum absolute atomic E-state index is 0.239. The third-order valence-corrected chi connectivity index (χ3v) is 3.80. The van der Waals surface area contributed by atoms with Gasteiger partial charge in [-0.2, -0.15) is 0 Å². The first-order chi connectivity index (χ1) is 11.6. The Balaban J connectivity index is 1.73. The van der Waals surface area contributed by atoms with Crippen molar-refractivity contribution in [3.63, 3.8) is 0 Å². The molecule has 0 spiro atoms. The Morgan fingerprint density at radius 3 is 2.50 bits per heavy atom. The van der Waals surface area contributed by atoms with Crippen molar-refractivity contribution < 1.29 is 4.79 Å². The molecule has 0 unspecified atom stereocenters. The molecule has 4 nitrogen and oxygen atoms in total. The molecule has 3 rings (SSSR count). The summed E-state index contributed by atoms with van der Waals surface area (Å²) in [5.41, 5.74) is 3.09. The second kappa shape index (κ2) is 7.15. The number of hydrogen-bond donors (Lipinski definition) is 2. The molecular weight excluding hydrogens is 324 g/mol. The van der Waals surface area contributed by atoms with E-state index in [9.17, 15) is 9.59 Å². The predicted octanol–water partition coefficient (Wildman–Crippen LogP) is 3.87. The van der Waals surface area contributed by atoms with Gasteiger partial charge in [0.1, 0.15) is 0 Å². The first kappa shape index (κ1) is 16.0. The molecule has 0 saturated carbocycles. The fraction of sp³-hybridized carbons (Fsp3) is 0.0526. The molecule has 0 saturated heterocycles. The average molecular weight is 339 g/mol. The van der Waals surface area contributed by atoms with Gasteiger partial charge in [-0.1, -0.05) is 35.9 Å². The van der Waals surface area contributed by atoms with Crippen molar-refractivity contribution >= 4 is 23.2 Å². The van der Waals surface area contributed by atoms with Crippen molar-refractivity contribution in [1.82, 2.24) is 4.98 Å². The van der Waals surface area contributed by atoms with Crippen LogP contribution in [-0.4, -0.2) is 10.9 Å². The van der Waals surface area contributed by atoms with Crippen LogP contribution >= 0.6 is 11.6 Å². The normalized spacial score (nSPS) is 10.4. The lowest BCUT2D eigenvalue weighted by Crippen LogP contribution is -2.14. The van der Waals surface area contributed by atoms with Crippen LogP contribution in [0.3, 0.4) is 0 Å². The maximum absolute atomic E-state index is 12.2. The van der Waals surface area contributed by atoms with Gasteiger partial charge < -0.3 is 10.3 Å². The Labute approximate surface area is 144 Å². The van der Waals surface area contributed by atoms with Gasteiger partial charge in [0.15, 0.2) is 0 Å². The highest BCUT2D eigenvalue weighted by atomic mass is 35.5. The molecule has 0 radical (unpaired) electrons. The molecule has 2 N–H and O–H groups in total. The highest BCUT2D eigenvalue weighted by Crippen LogP contribution is 2.17. The minimum atomic E-state index is -0.269. The zero-order valence-electron chi connectivity index (χ0n) is 12.8. The van der Waals surface area contributed by atoms with Crippen molar-refractivity contribution in [2.24, 2.45) is 0 Å². The van der Waals surface area contributed by atoms with Gasteiger partial charge in [0.05, 0.1) is 5.56 Å². The van der Waals surface area contributed by atoms with E-state index in [4.69, 9.17) is 11.6 Å². The van der Waals surface area contributed by atoms with Crippen molar-refractivity contribution in [3.05, 3.63) is 98.9 Å². The number of pyridine rings is 1. The van der Waals surface area contributed by atoms with Gasteiger partial charge in [-0.05, 0) is 47.9 Å². The van der Waals surface area contributed by atoms with E-state index in [1.165, 1.54) is 18.3 Å². The van der Waals surface area contributed by atoms with Crippen LogP contribution in [0.1, 0.15) is 21.5 Å². The van der Waals surface area contributed by atoms with Crippen molar-refractivity contribution in [1.29, 1.82) is 0 Å². The molecule has 120 valence electrons. The van der Waals surface area contributed by atoms with E-state index in [1.54, 1.807) is 0 Å². The summed E-state index contributed by atoms with van der Waals surface area (Å²) in [7, 11) is 0. The summed E-state index contributed by atoms with van der Waals surface area (Å²) in [6.07, 6.45) is 2.15. The number of rotatable bonds is 4. The maximum Gasteiger partial charge on any atom is 0.257 e. The smallest absolute Gasteiger partial charge is 0.257 e. The number of hydrogen-bond acceptors (Lipinski definition) is 2. The van der Waals surface area contributed by atoms with Crippen LogP contribution in [0, 0.1) is 0 Å². The van der Waals surface area contributed by atoms with Crippen LogP contribution in [0.2, 0.25) is 5.02 Å². The van der Waals surface area contributed by atoms with Crippen LogP contribution < -0.4 is 10.9 Å². The zero-order chi connectivity index (χ0) is 16.9. The van der Waals surface area contributed by atoms with Gasteiger partial charge in [0, 0.05) is 23.0 Å². The summed E-state index contributed by atoms with van der Waals surface area (Å²) >= 11 is 5.90. The highest BCUT2D eigenvalue weighted by Gasteiger charge is 2.06. The third-order valence-electron chi connectivity index (χ3n) is 3.55. The summed E-state index contributed by atoms with van der Waals surface area (Å²) in [6, 6.07) is 18.2. The first-order valence-corrected chi connectivity index (χ1v) is 7.81. The topological polar surface area (TPSA) is 62.0 Å². The second-order valence-electron chi connectivity index (χ2n) is 5.40. The molecular formula is C19H15ClN2O2.